The number of phenols is 1. The Morgan fingerprint density at radius 2 is 1.28 bits per heavy atom. The number of hydrogen-bond donors (Lipinski definition) is 1. The van der Waals surface area contributed by atoms with Crippen molar-refractivity contribution in [3.63, 3.8) is 0 Å². The fraction of sp³-hybridized carbons (Fsp3) is 0.500. The maximum absolute atomic E-state index is 13.1. The Kier molecular flexibility index (Phi) is 17.4. The largest absolute Gasteiger partial charge is 0.507 e. The average Bonchev–Trinajstić information content (AvgIpc) is 3.07. The fourth-order valence-electron chi connectivity index (χ4n) is 5.13. The van der Waals surface area contributed by atoms with E-state index < -0.39 is 5.97 Å². The molecule has 0 bridgehead atoms. The molecule has 0 aromatic heterocycles. The van der Waals surface area contributed by atoms with Gasteiger partial charge in [0.25, 0.3) is 0 Å². The summed E-state index contributed by atoms with van der Waals surface area (Å²) in [5.41, 5.74) is 3.00. The van der Waals surface area contributed by atoms with Crippen LogP contribution in [0.2, 0.25) is 0 Å². The molecule has 0 atom stereocenters. The third kappa shape index (κ3) is 13.7. The minimum absolute atomic E-state index is 0.0185. The number of aryl methyl sites for hydroxylation is 1. The van der Waals surface area contributed by atoms with E-state index in [9.17, 15) is 9.90 Å². The number of carbonyl (C=O) groups excluding carboxylic acids is 1. The normalized spacial score (nSPS) is 11.2. The van der Waals surface area contributed by atoms with Gasteiger partial charge in [-0.15, -0.1) is 0 Å². The van der Waals surface area contributed by atoms with Gasteiger partial charge in [0.05, 0.1) is 24.5 Å². The molecule has 3 aromatic rings. The Morgan fingerprint density at radius 3 is 1.91 bits per heavy atom. The molecule has 0 saturated carbocycles. The smallest absolute Gasteiger partial charge is 0.343 e. The van der Waals surface area contributed by atoms with Crippen molar-refractivity contribution in [3.8, 4) is 23.0 Å². The molecule has 0 heterocycles. The van der Waals surface area contributed by atoms with Crippen molar-refractivity contribution >= 4 is 17.9 Å². The molecule has 0 spiro atoms. The van der Waals surface area contributed by atoms with E-state index in [1.165, 1.54) is 75.8 Å². The number of rotatable bonds is 23. The summed E-state index contributed by atoms with van der Waals surface area (Å²) in [6, 6.07) is 18.1. The van der Waals surface area contributed by atoms with Crippen LogP contribution in [-0.2, 0) is 6.42 Å². The molecule has 3 rings (SSSR count). The van der Waals surface area contributed by atoms with Gasteiger partial charge in [-0.1, -0.05) is 104 Å². The molecule has 0 amide bonds. The molecule has 0 aliphatic carbocycles. The third-order valence-corrected chi connectivity index (χ3v) is 8.01. The lowest BCUT2D eigenvalue weighted by Crippen LogP contribution is -2.10. The molecule has 6 nitrogen and oxygen atoms in total. The van der Waals surface area contributed by atoms with Crippen LogP contribution in [0.25, 0.3) is 0 Å². The number of benzene rings is 3. The number of ether oxygens (including phenoxy) is 3. The van der Waals surface area contributed by atoms with Crippen molar-refractivity contribution in [3.05, 3.63) is 77.4 Å². The summed E-state index contributed by atoms with van der Waals surface area (Å²) in [6.07, 6.45) is 19.2. The van der Waals surface area contributed by atoms with E-state index in [0.717, 1.165) is 37.8 Å². The number of carbonyl (C=O) groups is 1. The minimum atomic E-state index is -0.532. The number of aliphatic imine (C=N–C) groups is 1. The zero-order valence-electron chi connectivity index (χ0n) is 28.4. The summed E-state index contributed by atoms with van der Waals surface area (Å²) < 4.78 is 17.8. The van der Waals surface area contributed by atoms with Gasteiger partial charge in [0.2, 0.25) is 0 Å². The summed E-state index contributed by atoms with van der Waals surface area (Å²) in [7, 11) is 0. The Bertz CT molecular complexity index is 1320. The maximum atomic E-state index is 13.1. The van der Waals surface area contributed by atoms with Crippen LogP contribution >= 0.6 is 0 Å². The van der Waals surface area contributed by atoms with Gasteiger partial charge < -0.3 is 19.3 Å². The van der Waals surface area contributed by atoms with Crippen LogP contribution in [0.4, 0.5) is 5.69 Å². The molecule has 6 heteroatoms. The van der Waals surface area contributed by atoms with Crippen LogP contribution in [0.15, 0.2) is 65.7 Å². The second kappa shape index (κ2) is 21.9. The summed E-state index contributed by atoms with van der Waals surface area (Å²) in [5, 5.41) is 10.6. The highest BCUT2D eigenvalue weighted by Gasteiger charge is 2.15. The summed E-state index contributed by atoms with van der Waals surface area (Å²) in [4.78, 5) is 17.6. The SMILES string of the molecule is CCCCCCCCOc1ccc(C(=O)Oc2ccc(C=Nc3ccc(CCCC)cc3)c(O)c2)cc1OCCCCCCCC. The van der Waals surface area contributed by atoms with Gasteiger partial charge in [0.15, 0.2) is 11.5 Å². The van der Waals surface area contributed by atoms with Gasteiger partial charge in [0.1, 0.15) is 11.5 Å². The van der Waals surface area contributed by atoms with Crippen molar-refractivity contribution in [1.82, 2.24) is 0 Å². The topological polar surface area (TPSA) is 77.4 Å². The van der Waals surface area contributed by atoms with Crippen molar-refractivity contribution in [2.75, 3.05) is 13.2 Å². The van der Waals surface area contributed by atoms with Crippen LogP contribution in [-0.4, -0.2) is 30.5 Å². The highest BCUT2D eigenvalue weighted by atomic mass is 16.5. The summed E-state index contributed by atoms with van der Waals surface area (Å²) in [6.45, 7) is 7.81. The number of unbranched alkanes of at least 4 members (excludes halogenated alkanes) is 11. The highest BCUT2D eigenvalue weighted by molar-refractivity contribution is 5.92. The van der Waals surface area contributed by atoms with Gasteiger partial charge >= 0.3 is 5.97 Å². The predicted octanol–water partition coefficient (Wildman–Crippen LogP) is 11.2. The van der Waals surface area contributed by atoms with Crippen molar-refractivity contribution in [1.29, 1.82) is 0 Å². The quantitative estimate of drug-likeness (QED) is 0.0489. The molecular weight excluding hydrogens is 574 g/mol. The lowest BCUT2D eigenvalue weighted by atomic mass is 10.1. The van der Waals surface area contributed by atoms with E-state index in [1.54, 1.807) is 36.5 Å². The average molecular weight is 630 g/mol. The molecule has 3 aromatic carbocycles. The Hall–Kier alpha value is -3.80. The van der Waals surface area contributed by atoms with Crippen LogP contribution in [0.5, 0.6) is 23.0 Å². The zero-order valence-corrected chi connectivity index (χ0v) is 28.4. The van der Waals surface area contributed by atoms with E-state index >= 15 is 0 Å². The van der Waals surface area contributed by atoms with E-state index in [0.29, 0.717) is 35.8 Å². The van der Waals surface area contributed by atoms with Crippen LogP contribution in [0.1, 0.15) is 132 Å². The summed E-state index contributed by atoms with van der Waals surface area (Å²) >= 11 is 0. The third-order valence-electron chi connectivity index (χ3n) is 8.01. The van der Waals surface area contributed by atoms with E-state index in [4.69, 9.17) is 14.2 Å². The molecule has 1 N–H and O–H groups in total. The highest BCUT2D eigenvalue weighted by Crippen LogP contribution is 2.31. The molecule has 0 fully saturated rings. The van der Waals surface area contributed by atoms with Gasteiger partial charge in [-0.05, 0) is 73.7 Å². The Labute approximate surface area is 277 Å². The second-order valence-corrected chi connectivity index (χ2v) is 12.0. The van der Waals surface area contributed by atoms with Gasteiger partial charge in [0, 0.05) is 17.8 Å². The molecule has 0 aliphatic rings. The van der Waals surface area contributed by atoms with Crippen molar-refractivity contribution < 1.29 is 24.1 Å². The van der Waals surface area contributed by atoms with Crippen molar-refractivity contribution in [2.45, 2.75) is 117 Å². The number of esters is 1. The van der Waals surface area contributed by atoms with Crippen molar-refractivity contribution in [2.24, 2.45) is 4.99 Å². The number of hydrogen-bond acceptors (Lipinski definition) is 6. The molecule has 0 unspecified atom stereocenters. The van der Waals surface area contributed by atoms with E-state index in [-0.39, 0.29) is 11.5 Å². The number of phenolic OH excluding ortho intramolecular Hbond substituents is 1. The zero-order chi connectivity index (χ0) is 32.8. The standard InChI is InChI=1S/C40H55NO5/c1-4-7-10-12-14-16-27-44-38-26-22-33(29-39(38)45-28-17-15-13-11-8-5-2)40(43)46-36-25-21-34(37(42)30-36)31-41-35-23-19-32(20-24-35)18-9-6-3/h19-26,29-31,42H,4-18,27-28H2,1-3H3. The van der Waals surface area contributed by atoms with E-state index in [2.05, 4.69) is 37.9 Å². The summed E-state index contributed by atoms with van der Waals surface area (Å²) in [5.74, 6) is 0.901. The predicted molar refractivity (Wildman–Crippen MR) is 190 cm³/mol. The van der Waals surface area contributed by atoms with Gasteiger partial charge in [-0.2, -0.15) is 0 Å². The molecular formula is C40H55NO5. The molecule has 0 aliphatic heterocycles. The first-order chi connectivity index (χ1) is 22.5. The van der Waals surface area contributed by atoms with Crippen LogP contribution in [0.3, 0.4) is 0 Å². The first kappa shape index (κ1) is 36.7. The van der Waals surface area contributed by atoms with Crippen LogP contribution < -0.4 is 14.2 Å². The van der Waals surface area contributed by atoms with E-state index in [1.807, 2.05) is 12.1 Å². The molecule has 0 radical (unpaired) electrons. The monoisotopic (exact) mass is 629 g/mol. The van der Waals surface area contributed by atoms with Gasteiger partial charge in [-0.3, -0.25) is 4.99 Å². The van der Waals surface area contributed by atoms with Crippen LogP contribution in [0, 0.1) is 0 Å². The molecule has 46 heavy (non-hydrogen) atoms. The lowest BCUT2D eigenvalue weighted by Gasteiger charge is -2.14. The lowest BCUT2D eigenvalue weighted by molar-refractivity contribution is 0.0734. The molecule has 250 valence electrons. The molecule has 0 saturated heterocycles. The Balaban J connectivity index is 1.60. The fourth-order valence-corrected chi connectivity index (χ4v) is 5.13. The van der Waals surface area contributed by atoms with Gasteiger partial charge in [-0.25, -0.2) is 4.79 Å². The first-order valence-electron chi connectivity index (χ1n) is 17.6. The maximum Gasteiger partial charge on any atom is 0.343 e. The minimum Gasteiger partial charge on any atom is -0.507 e. The number of aromatic hydroxyl groups is 1. The number of nitrogens with zero attached hydrogens (tertiary/aromatic N) is 1. The second-order valence-electron chi connectivity index (χ2n) is 12.0. The Morgan fingerprint density at radius 1 is 0.674 bits per heavy atom. The first-order valence-corrected chi connectivity index (χ1v) is 17.6.